The molecule has 0 amide bonds. The maximum atomic E-state index is 4.66. The molecule has 4 heteroatoms. The number of hydrogen-bond acceptors (Lipinski definition) is 4. The van der Waals surface area contributed by atoms with Gasteiger partial charge in [-0.3, -0.25) is 0 Å². The molecule has 0 radical (unpaired) electrons. The molecule has 2 heterocycles. The number of nitrogens with zero attached hydrogens (tertiary/aromatic N) is 3. The van der Waals surface area contributed by atoms with Crippen molar-refractivity contribution in [3.8, 4) is 0 Å². The number of pyridine rings is 1. The van der Waals surface area contributed by atoms with Crippen LogP contribution in [0.25, 0.3) is 0 Å². The van der Waals surface area contributed by atoms with Crippen LogP contribution in [0.5, 0.6) is 0 Å². The highest BCUT2D eigenvalue weighted by Gasteiger charge is 2.21. The minimum atomic E-state index is 0.325. The molecule has 4 nitrogen and oxygen atoms in total. The smallest absolute Gasteiger partial charge is 0.133 e. The third-order valence-corrected chi connectivity index (χ3v) is 4.22. The lowest BCUT2D eigenvalue weighted by Gasteiger charge is -2.36. The molecular weight excluding hydrogens is 260 g/mol. The first-order valence-electron chi connectivity index (χ1n) is 7.41. The SMILES string of the molecule is CNC(C)c1ccc(N2CCN(C)c3ccccc32)nc1. The Morgan fingerprint density at radius 3 is 2.52 bits per heavy atom. The van der Waals surface area contributed by atoms with Gasteiger partial charge in [0.2, 0.25) is 0 Å². The van der Waals surface area contributed by atoms with Crippen molar-refractivity contribution in [1.82, 2.24) is 10.3 Å². The molecular formula is C17H22N4. The average Bonchev–Trinajstić information content (AvgIpc) is 2.55. The highest BCUT2D eigenvalue weighted by atomic mass is 15.3. The lowest BCUT2D eigenvalue weighted by Crippen LogP contribution is -2.36. The van der Waals surface area contributed by atoms with E-state index in [1.807, 2.05) is 13.2 Å². The minimum absolute atomic E-state index is 0.325. The molecule has 1 aliphatic rings. The maximum absolute atomic E-state index is 4.66. The van der Waals surface area contributed by atoms with Crippen LogP contribution in [0.2, 0.25) is 0 Å². The van der Waals surface area contributed by atoms with Crippen LogP contribution in [-0.4, -0.2) is 32.2 Å². The van der Waals surface area contributed by atoms with Crippen molar-refractivity contribution in [3.05, 3.63) is 48.2 Å². The van der Waals surface area contributed by atoms with Gasteiger partial charge in [-0.25, -0.2) is 4.98 Å². The van der Waals surface area contributed by atoms with Crippen LogP contribution in [0.1, 0.15) is 18.5 Å². The summed E-state index contributed by atoms with van der Waals surface area (Å²) in [7, 11) is 4.11. The molecule has 3 rings (SSSR count). The normalized spacial score (nSPS) is 15.8. The predicted molar refractivity (Wildman–Crippen MR) is 88.4 cm³/mol. The molecule has 1 unspecified atom stereocenters. The van der Waals surface area contributed by atoms with Crippen molar-refractivity contribution in [1.29, 1.82) is 0 Å². The first-order chi connectivity index (χ1) is 10.2. The summed E-state index contributed by atoms with van der Waals surface area (Å²) >= 11 is 0. The standard InChI is InChI=1S/C17H22N4/c1-13(18-2)14-8-9-17(19-12-14)21-11-10-20(3)15-6-4-5-7-16(15)21/h4-9,12-13,18H,10-11H2,1-3H3. The van der Waals surface area contributed by atoms with Crippen LogP contribution in [0.15, 0.2) is 42.6 Å². The van der Waals surface area contributed by atoms with Gasteiger partial charge in [0.25, 0.3) is 0 Å². The summed E-state index contributed by atoms with van der Waals surface area (Å²) in [4.78, 5) is 9.25. The van der Waals surface area contributed by atoms with E-state index in [1.165, 1.54) is 16.9 Å². The van der Waals surface area contributed by atoms with Crippen molar-refractivity contribution < 1.29 is 0 Å². The molecule has 110 valence electrons. The molecule has 21 heavy (non-hydrogen) atoms. The first kappa shape index (κ1) is 13.9. The van der Waals surface area contributed by atoms with E-state index in [9.17, 15) is 0 Å². The van der Waals surface area contributed by atoms with E-state index >= 15 is 0 Å². The third-order valence-electron chi connectivity index (χ3n) is 4.22. The summed E-state index contributed by atoms with van der Waals surface area (Å²) in [5.74, 6) is 1.02. The molecule has 1 aromatic carbocycles. The molecule has 1 N–H and O–H groups in total. The maximum Gasteiger partial charge on any atom is 0.133 e. The zero-order valence-electron chi connectivity index (χ0n) is 12.9. The summed E-state index contributed by atoms with van der Waals surface area (Å²) in [5.41, 5.74) is 3.70. The van der Waals surface area contributed by atoms with Crippen LogP contribution < -0.4 is 15.1 Å². The summed E-state index contributed by atoms with van der Waals surface area (Å²) < 4.78 is 0. The van der Waals surface area contributed by atoms with Gasteiger partial charge in [-0.05, 0) is 37.7 Å². The Labute approximate surface area is 126 Å². The summed E-state index contributed by atoms with van der Waals surface area (Å²) in [6.45, 7) is 4.11. The van der Waals surface area contributed by atoms with Crippen LogP contribution in [-0.2, 0) is 0 Å². The molecule has 0 aliphatic carbocycles. The van der Waals surface area contributed by atoms with E-state index in [-0.39, 0.29) is 0 Å². The Kier molecular flexibility index (Phi) is 3.80. The number of fused-ring (bicyclic) bond motifs is 1. The first-order valence-corrected chi connectivity index (χ1v) is 7.41. The molecule has 0 spiro atoms. The van der Waals surface area contributed by atoms with Crippen LogP contribution in [0.3, 0.4) is 0 Å². The van der Waals surface area contributed by atoms with E-state index in [1.54, 1.807) is 0 Å². The van der Waals surface area contributed by atoms with E-state index in [4.69, 9.17) is 0 Å². The lowest BCUT2D eigenvalue weighted by atomic mass is 10.1. The Morgan fingerprint density at radius 2 is 1.86 bits per heavy atom. The van der Waals surface area contributed by atoms with Gasteiger partial charge in [0.05, 0.1) is 11.4 Å². The fourth-order valence-electron chi connectivity index (χ4n) is 2.72. The van der Waals surface area contributed by atoms with Crippen LogP contribution >= 0.6 is 0 Å². The summed E-state index contributed by atoms with van der Waals surface area (Å²) in [6, 6.07) is 13.1. The van der Waals surface area contributed by atoms with Crippen molar-refractivity contribution in [3.63, 3.8) is 0 Å². The number of aromatic nitrogens is 1. The summed E-state index contributed by atoms with van der Waals surface area (Å²) in [6.07, 6.45) is 1.97. The topological polar surface area (TPSA) is 31.4 Å². The van der Waals surface area contributed by atoms with Crippen LogP contribution in [0, 0.1) is 0 Å². The highest BCUT2D eigenvalue weighted by Crippen LogP contribution is 2.35. The Hall–Kier alpha value is -2.07. The van der Waals surface area contributed by atoms with Crippen LogP contribution in [0.4, 0.5) is 17.2 Å². The van der Waals surface area contributed by atoms with E-state index in [2.05, 4.69) is 70.5 Å². The Bertz CT molecular complexity index is 608. The van der Waals surface area contributed by atoms with Gasteiger partial charge in [0.1, 0.15) is 5.82 Å². The second-order valence-electron chi connectivity index (χ2n) is 5.52. The molecule has 1 atom stereocenters. The van der Waals surface area contributed by atoms with Gasteiger partial charge in [-0.2, -0.15) is 0 Å². The monoisotopic (exact) mass is 282 g/mol. The number of hydrogen-bond donors (Lipinski definition) is 1. The summed E-state index contributed by atoms with van der Waals surface area (Å²) in [5, 5.41) is 3.24. The zero-order chi connectivity index (χ0) is 14.8. The fourth-order valence-corrected chi connectivity index (χ4v) is 2.72. The average molecular weight is 282 g/mol. The number of nitrogens with one attached hydrogen (secondary N) is 1. The van der Waals surface area contributed by atoms with E-state index in [0.717, 1.165) is 18.9 Å². The van der Waals surface area contributed by atoms with E-state index in [0.29, 0.717) is 6.04 Å². The number of likely N-dealkylation sites (N-methyl/N-ethyl adjacent to an activating group) is 1. The molecule has 1 aromatic heterocycles. The fraction of sp³-hybridized carbons (Fsp3) is 0.353. The molecule has 0 saturated carbocycles. The molecule has 2 aromatic rings. The zero-order valence-corrected chi connectivity index (χ0v) is 12.9. The van der Waals surface area contributed by atoms with Gasteiger partial charge >= 0.3 is 0 Å². The van der Waals surface area contributed by atoms with Crippen molar-refractivity contribution >= 4 is 17.2 Å². The van der Waals surface area contributed by atoms with Crippen molar-refractivity contribution in [2.75, 3.05) is 37.0 Å². The van der Waals surface area contributed by atoms with Crippen molar-refractivity contribution in [2.45, 2.75) is 13.0 Å². The van der Waals surface area contributed by atoms with Gasteiger partial charge in [0, 0.05) is 32.4 Å². The van der Waals surface area contributed by atoms with Crippen molar-refractivity contribution in [2.24, 2.45) is 0 Å². The number of rotatable bonds is 3. The Balaban J connectivity index is 1.93. The highest BCUT2D eigenvalue weighted by molar-refractivity contribution is 5.78. The quantitative estimate of drug-likeness (QED) is 0.938. The molecule has 0 saturated heterocycles. The minimum Gasteiger partial charge on any atom is -0.371 e. The second kappa shape index (κ2) is 5.74. The molecule has 1 aliphatic heterocycles. The number of para-hydroxylation sites is 2. The number of anilines is 3. The van der Waals surface area contributed by atoms with E-state index < -0.39 is 0 Å². The Morgan fingerprint density at radius 1 is 1.10 bits per heavy atom. The lowest BCUT2D eigenvalue weighted by molar-refractivity contribution is 0.649. The molecule has 0 fully saturated rings. The van der Waals surface area contributed by atoms with Gasteiger partial charge in [0.15, 0.2) is 0 Å². The predicted octanol–water partition coefficient (Wildman–Crippen LogP) is 2.95. The van der Waals surface area contributed by atoms with Gasteiger partial charge < -0.3 is 15.1 Å². The number of benzene rings is 1. The third kappa shape index (κ3) is 2.59. The second-order valence-corrected chi connectivity index (χ2v) is 5.52. The van der Waals surface area contributed by atoms with Gasteiger partial charge in [-0.1, -0.05) is 18.2 Å². The molecule has 0 bridgehead atoms. The van der Waals surface area contributed by atoms with Gasteiger partial charge in [-0.15, -0.1) is 0 Å². The largest absolute Gasteiger partial charge is 0.371 e.